The third-order valence-corrected chi connectivity index (χ3v) is 5.81. The van der Waals surface area contributed by atoms with Crippen molar-refractivity contribution in [1.29, 1.82) is 0 Å². The van der Waals surface area contributed by atoms with E-state index < -0.39 is 0 Å². The first-order valence-electron chi connectivity index (χ1n) is 10.3. The number of nitrogens with zero attached hydrogens (tertiary/aromatic N) is 2. The lowest BCUT2D eigenvalue weighted by molar-refractivity contribution is 0.102. The third-order valence-electron chi connectivity index (χ3n) is 5.48. The SMILES string of the molecule is O=C(Nc1ccc(O)c(-c2cc(C3CC3)n(C(=O)NC3CC3)n2)c1)c1ccccc1Cl. The number of phenolic OH excluding ortho intramolecular Hbond substituents is 1. The predicted octanol–water partition coefficient (Wildman–Crippen LogP) is 4.76. The van der Waals surface area contributed by atoms with Crippen molar-refractivity contribution in [2.75, 3.05) is 5.32 Å². The van der Waals surface area contributed by atoms with Crippen molar-refractivity contribution in [1.82, 2.24) is 15.1 Å². The Morgan fingerprint density at radius 2 is 1.84 bits per heavy atom. The minimum Gasteiger partial charge on any atom is -0.507 e. The van der Waals surface area contributed by atoms with Crippen LogP contribution in [0.25, 0.3) is 11.3 Å². The fraction of sp³-hybridized carbons (Fsp3) is 0.261. The van der Waals surface area contributed by atoms with E-state index in [2.05, 4.69) is 15.7 Å². The van der Waals surface area contributed by atoms with Gasteiger partial charge in [0.05, 0.1) is 22.0 Å². The largest absolute Gasteiger partial charge is 0.507 e. The number of phenols is 1. The van der Waals surface area contributed by atoms with Gasteiger partial charge >= 0.3 is 6.03 Å². The lowest BCUT2D eigenvalue weighted by atomic mass is 10.1. The van der Waals surface area contributed by atoms with Gasteiger partial charge in [-0.1, -0.05) is 23.7 Å². The van der Waals surface area contributed by atoms with Crippen molar-refractivity contribution in [3.05, 3.63) is 64.8 Å². The molecule has 1 aromatic heterocycles. The van der Waals surface area contributed by atoms with Crippen molar-refractivity contribution in [2.45, 2.75) is 37.6 Å². The van der Waals surface area contributed by atoms with Crippen LogP contribution in [0, 0.1) is 0 Å². The van der Waals surface area contributed by atoms with E-state index in [-0.39, 0.29) is 23.7 Å². The first-order chi connectivity index (χ1) is 15.0. The molecule has 8 heteroatoms. The molecule has 0 bridgehead atoms. The topological polar surface area (TPSA) is 96.2 Å². The van der Waals surface area contributed by atoms with Crippen LogP contribution in [0.3, 0.4) is 0 Å². The number of hydrogen-bond acceptors (Lipinski definition) is 4. The molecule has 3 aromatic rings. The summed E-state index contributed by atoms with van der Waals surface area (Å²) in [7, 11) is 0. The first-order valence-corrected chi connectivity index (χ1v) is 10.7. The lowest BCUT2D eigenvalue weighted by Gasteiger charge is -2.09. The Hall–Kier alpha value is -3.32. The number of hydrogen-bond donors (Lipinski definition) is 3. The molecule has 0 spiro atoms. The van der Waals surface area contributed by atoms with E-state index in [1.54, 1.807) is 36.4 Å². The van der Waals surface area contributed by atoms with Gasteiger partial charge in [-0.3, -0.25) is 4.79 Å². The Morgan fingerprint density at radius 1 is 1.06 bits per heavy atom. The smallest absolute Gasteiger partial charge is 0.342 e. The molecule has 0 aliphatic heterocycles. The van der Waals surface area contributed by atoms with Gasteiger partial charge in [0.2, 0.25) is 0 Å². The zero-order valence-corrected chi connectivity index (χ0v) is 17.4. The van der Waals surface area contributed by atoms with Crippen molar-refractivity contribution in [3.63, 3.8) is 0 Å². The molecular formula is C23H21ClN4O3. The highest BCUT2D eigenvalue weighted by molar-refractivity contribution is 6.34. The van der Waals surface area contributed by atoms with Gasteiger partial charge in [0.1, 0.15) is 5.75 Å². The Labute approximate surface area is 184 Å². The summed E-state index contributed by atoms with van der Waals surface area (Å²) < 4.78 is 1.42. The molecule has 2 aliphatic rings. The summed E-state index contributed by atoms with van der Waals surface area (Å²) in [6, 6.07) is 13.4. The summed E-state index contributed by atoms with van der Waals surface area (Å²) in [5, 5.41) is 21.1. The minimum atomic E-state index is -0.352. The number of anilines is 1. The van der Waals surface area contributed by atoms with Crippen LogP contribution >= 0.6 is 11.6 Å². The van der Waals surface area contributed by atoms with Crippen molar-refractivity contribution in [3.8, 4) is 17.0 Å². The Kier molecular flexibility index (Phi) is 4.90. The number of carbonyl (C=O) groups excluding carboxylic acids is 2. The summed E-state index contributed by atoms with van der Waals surface area (Å²) >= 11 is 6.11. The molecule has 31 heavy (non-hydrogen) atoms. The van der Waals surface area contributed by atoms with Crippen LogP contribution < -0.4 is 10.6 Å². The normalized spacial score (nSPS) is 15.5. The summed E-state index contributed by atoms with van der Waals surface area (Å²) in [6.07, 6.45) is 4.02. The second-order valence-corrected chi connectivity index (χ2v) is 8.44. The molecule has 2 fully saturated rings. The second kappa shape index (κ2) is 7.74. The van der Waals surface area contributed by atoms with E-state index in [1.165, 1.54) is 10.7 Å². The summed E-state index contributed by atoms with van der Waals surface area (Å²) in [4.78, 5) is 25.2. The number of nitrogens with one attached hydrogen (secondary N) is 2. The van der Waals surface area contributed by atoms with E-state index >= 15 is 0 Å². The number of aromatic hydroxyl groups is 1. The van der Waals surface area contributed by atoms with Gasteiger partial charge in [0.15, 0.2) is 0 Å². The van der Waals surface area contributed by atoms with Crippen LogP contribution in [-0.2, 0) is 0 Å². The van der Waals surface area contributed by atoms with Crippen molar-refractivity contribution < 1.29 is 14.7 Å². The minimum absolute atomic E-state index is 0.0188. The highest BCUT2D eigenvalue weighted by Crippen LogP contribution is 2.42. The standard InChI is InChI=1S/C23H21ClN4O3/c24-18-4-2-1-3-16(18)22(30)25-15-9-10-21(29)17(11-15)19-12-20(13-5-6-13)28(27-19)23(31)26-14-7-8-14/h1-4,9-14,29H,5-8H2,(H,25,30)(H,26,31). The van der Waals surface area contributed by atoms with Gasteiger partial charge in [-0.15, -0.1) is 0 Å². The number of benzene rings is 2. The number of amides is 2. The van der Waals surface area contributed by atoms with Crippen LogP contribution in [0.1, 0.15) is 47.7 Å². The average molecular weight is 437 g/mol. The zero-order chi connectivity index (χ0) is 21.5. The van der Waals surface area contributed by atoms with Crippen LogP contribution in [0.15, 0.2) is 48.5 Å². The van der Waals surface area contributed by atoms with E-state index in [9.17, 15) is 14.7 Å². The monoisotopic (exact) mass is 436 g/mol. The van der Waals surface area contributed by atoms with E-state index in [0.29, 0.717) is 33.4 Å². The van der Waals surface area contributed by atoms with E-state index in [4.69, 9.17) is 11.6 Å². The van der Waals surface area contributed by atoms with E-state index in [1.807, 2.05) is 6.07 Å². The quantitative estimate of drug-likeness (QED) is 0.502. The number of halogens is 1. The second-order valence-electron chi connectivity index (χ2n) is 8.03. The average Bonchev–Trinajstić information content (AvgIpc) is 3.69. The molecule has 0 atom stereocenters. The molecule has 0 radical (unpaired) electrons. The van der Waals surface area contributed by atoms with Crippen LogP contribution in [0.2, 0.25) is 5.02 Å². The molecule has 0 saturated heterocycles. The number of rotatable bonds is 5. The molecule has 2 amide bonds. The molecule has 2 aliphatic carbocycles. The molecular weight excluding hydrogens is 416 g/mol. The van der Waals surface area contributed by atoms with Crippen LogP contribution in [0.4, 0.5) is 10.5 Å². The van der Waals surface area contributed by atoms with Crippen molar-refractivity contribution >= 4 is 29.2 Å². The third kappa shape index (κ3) is 4.14. The molecule has 1 heterocycles. The summed E-state index contributed by atoms with van der Waals surface area (Å²) in [5.41, 5.74) is 2.62. The molecule has 5 rings (SSSR count). The van der Waals surface area contributed by atoms with Gasteiger partial charge in [-0.05, 0) is 62.1 Å². The van der Waals surface area contributed by atoms with Crippen molar-refractivity contribution in [2.24, 2.45) is 0 Å². The summed E-state index contributed by atoms with van der Waals surface area (Å²) in [5.74, 6) is -0.0305. The Bertz CT molecular complexity index is 1180. The maximum absolute atomic E-state index is 12.6. The summed E-state index contributed by atoms with van der Waals surface area (Å²) in [6.45, 7) is 0. The fourth-order valence-electron chi connectivity index (χ4n) is 3.49. The molecule has 0 unspecified atom stereocenters. The molecule has 3 N–H and O–H groups in total. The predicted molar refractivity (Wildman–Crippen MR) is 118 cm³/mol. The lowest BCUT2D eigenvalue weighted by Crippen LogP contribution is -2.32. The zero-order valence-electron chi connectivity index (χ0n) is 16.6. The highest BCUT2D eigenvalue weighted by atomic mass is 35.5. The van der Waals surface area contributed by atoms with Crippen LogP contribution in [0.5, 0.6) is 5.75 Å². The Balaban J connectivity index is 1.44. The van der Waals surface area contributed by atoms with E-state index in [0.717, 1.165) is 31.4 Å². The molecule has 7 nitrogen and oxygen atoms in total. The fourth-order valence-corrected chi connectivity index (χ4v) is 3.71. The van der Waals surface area contributed by atoms with Gasteiger partial charge in [0, 0.05) is 23.2 Å². The van der Waals surface area contributed by atoms with Gasteiger partial charge in [-0.25, -0.2) is 4.79 Å². The van der Waals surface area contributed by atoms with Crippen LogP contribution in [-0.4, -0.2) is 32.9 Å². The number of aromatic nitrogens is 2. The van der Waals surface area contributed by atoms with Gasteiger partial charge < -0.3 is 15.7 Å². The molecule has 2 saturated carbocycles. The maximum Gasteiger partial charge on any atom is 0.342 e. The maximum atomic E-state index is 12.6. The number of carbonyl (C=O) groups is 2. The Morgan fingerprint density at radius 3 is 2.55 bits per heavy atom. The van der Waals surface area contributed by atoms with Gasteiger partial charge in [0.25, 0.3) is 5.91 Å². The first kappa shape index (κ1) is 19.6. The molecule has 2 aromatic carbocycles. The van der Waals surface area contributed by atoms with Gasteiger partial charge in [-0.2, -0.15) is 9.78 Å². The highest BCUT2D eigenvalue weighted by Gasteiger charge is 2.32. The molecule has 158 valence electrons.